The summed E-state index contributed by atoms with van der Waals surface area (Å²) in [6.45, 7) is 4.88. The van der Waals surface area contributed by atoms with Crippen LogP contribution in [0.3, 0.4) is 0 Å². The van der Waals surface area contributed by atoms with Crippen LogP contribution in [0, 0.1) is 5.92 Å². The molecule has 0 aliphatic heterocycles. The third kappa shape index (κ3) is 8.41. The van der Waals surface area contributed by atoms with Crippen molar-refractivity contribution in [3.63, 3.8) is 0 Å². The molecular weight excluding hydrogens is 274 g/mol. The highest BCUT2D eigenvalue weighted by Crippen LogP contribution is 2.05. The van der Waals surface area contributed by atoms with Crippen molar-refractivity contribution in [1.82, 2.24) is 5.32 Å². The van der Waals surface area contributed by atoms with Gasteiger partial charge in [0.25, 0.3) is 0 Å². The van der Waals surface area contributed by atoms with E-state index in [0.29, 0.717) is 0 Å². The Balaban J connectivity index is 4.18. The number of carbonyl (C=O) groups excluding carboxylic acids is 1. The van der Waals surface area contributed by atoms with Crippen LogP contribution in [0.1, 0.15) is 27.2 Å². The largest absolute Gasteiger partial charge is 0.480 e. The molecule has 1 amide bonds. The van der Waals surface area contributed by atoms with Crippen LogP contribution < -0.4 is 5.32 Å². The minimum atomic E-state index is -3.20. The van der Waals surface area contributed by atoms with E-state index in [9.17, 15) is 18.0 Å². The fraction of sp³-hybridized carbons (Fsp3) is 0.818. The first-order valence-corrected chi connectivity index (χ1v) is 7.86. The molecular formula is C11H21NO6S. The molecule has 0 saturated carbocycles. The number of amides is 1. The molecule has 0 heterocycles. The van der Waals surface area contributed by atoms with Gasteiger partial charge in [0.05, 0.1) is 5.75 Å². The second-order valence-corrected chi connectivity index (χ2v) is 7.01. The fourth-order valence-corrected chi connectivity index (χ4v) is 1.91. The number of alkyl carbamates (subject to hydrolysis) is 1. The number of aliphatic carboxylic acids is 1. The molecule has 0 aliphatic carbocycles. The molecule has 0 saturated heterocycles. The van der Waals surface area contributed by atoms with E-state index < -0.39 is 27.9 Å². The van der Waals surface area contributed by atoms with Gasteiger partial charge in [-0.05, 0) is 12.3 Å². The summed E-state index contributed by atoms with van der Waals surface area (Å²) < 4.78 is 27.0. The molecule has 0 unspecified atom stereocenters. The van der Waals surface area contributed by atoms with Crippen LogP contribution in [0.5, 0.6) is 0 Å². The minimum absolute atomic E-state index is 0.0247. The number of hydrogen-bond acceptors (Lipinski definition) is 5. The highest BCUT2D eigenvalue weighted by Gasteiger charge is 2.21. The zero-order valence-electron chi connectivity index (χ0n) is 11.4. The van der Waals surface area contributed by atoms with Gasteiger partial charge in [-0.2, -0.15) is 0 Å². The van der Waals surface area contributed by atoms with Gasteiger partial charge in [0, 0.05) is 5.75 Å². The zero-order chi connectivity index (χ0) is 15.1. The van der Waals surface area contributed by atoms with Crippen LogP contribution in [0.4, 0.5) is 4.79 Å². The lowest BCUT2D eigenvalue weighted by atomic mass is 10.0. The van der Waals surface area contributed by atoms with Gasteiger partial charge in [-0.25, -0.2) is 18.0 Å². The summed E-state index contributed by atoms with van der Waals surface area (Å²) in [7, 11) is -3.20. The molecule has 0 fully saturated rings. The van der Waals surface area contributed by atoms with Crippen LogP contribution in [0.2, 0.25) is 0 Å². The van der Waals surface area contributed by atoms with Gasteiger partial charge in [-0.15, -0.1) is 0 Å². The summed E-state index contributed by atoms with van der Waals surface area (Å²) in [6.07, 6.45) is -0.642. The third-order valence-electron chi connectivity index (χ3n) is 2.36. The van der Waals surface area contributed by atoms with Gasteiger partial charge in [0.1, 0.15) is 12.6 Å². The highest BCUT2D eigenvalue weighted by atomic mass is 32.2. The average molecular weight is 295 g/mol. The lowest BCUT2D eigenvalue weighted by Gasteiger charge is -2.16. The van der Waals surface area contributed by atoms with Crippen molar-refractivity contribution < 1.29 is 27.9 Å². The van der Waals surface area contributed by atoms with Crippen LogP contribution in [-0.2, 0) is 19.4 Å². The number of carbonyl (C=O) groups is 2. The molecule has 2 N–H and O–H groups in total. The van der Waals surface area contributed by atoms with Gasteiger partial charge in [0.15, 0.2) is 9.84 Å². The summed E-state index contributed by atoms with van der Waals surface area (Å²) in [5.41, 5.74) is 0. The number of carboxylic acids is 1. The van der Waals surface area contributed by atoms with E-state index in [1.54, 1.807) is 0 Å². The van der Waals surface area contributed by atoms with E-state index in [-0.39, 0.29) is 30.5 Å². The maximum absolute atomic E-state index is 11.3. The molecule has 0 aromatic carbocycles. The second kappa shape index (κ2) is 7.98. The van der Waals surface area contributed by atoms with Crippen LogP contribution >= 0.6 is 0 Å². The predicted octanol–water partition coefficient (Wildman–Crippen LogP) is 0.647. The van der Waals surface area contributed by atoms with Crippen molar-refractivity contribution in [3.8, 4) is 0 Å². The predicted molar refractivity (Wildman–Crippen MR) is 69.7 cm³/mol. The van der Waals surface area contributed by atoms with Crippen molar-refractivity contribution in [3.05, 3.63) is 0 Å². The van der Waals surface area contributed by atoms with E-state index in [1.807, 2.05) is 13.8 Å². The van der Waals surface area contributed by atoms with E-state index in [2.05, 4.69) is 10.1 Å². The highest BCUT2D eigenvalue weighted by molar-refractivity contribution is 7.91. The van der Waals surface area contributed by atoms with Crippen molar-refractivity contribution in [2.75, 3.05) is 18.1 Å². The van der Waals surface area contributed by atoms with E-state index in [0.717, 1.165) is 0 Å². The zero-order valence-corrected chi connectivity index (χ0v) is 12.2. The van der Waals surface area contributed by atoms with Gasteiger partial charge in [0.2, 0.25) is 0 Å². The normalized spacial score (nSPS) is 13.1. The molecule has 0 spiro atoms. The Labute approximate surface area is 113 Å². The summed E-state index contributed by atoms with van der Waals surface area (Å²) >= 11 is 0. The Bertz CT molecular complexity index is 403. The molecule has 0 aliphatic rings. The summed E-state index contributed by atoms with van der Waals surface area (Å²) in [4.78, 5) is 22.2. The Hall–Kier alpha value is -1.31. The maximum atomic E-state index is 11.3. The number of rotatable bonds is 8. The molecule has 19 heavy (non-hydrogen) atoms. The molecule has 0 aromatic heterocycles. The quantitative estimate of drug-likeness (QED) is 0.680. The second-order valence-electron chi connectivity index (χ2n) is 4.54. The smallest absolute Gasteiger partial charge is 0.407 e. The third-order valence-corrected chi connectivity index (χ3v) is 4.03. The number of hydrogen-bond donors (Lipinski definition) is 2. The van der Waals surface area contributed by atoms with Crippen LogP contribution in [0.25, 0.3) is 0 Å². The molecule has 0 rings (SSSR count). The first-order chi connectivity index (χ1) is 8.68. The standard InChI is InChI=1S/C11H21NO6S/c1-4-19(16,17)6-5-18-11(15)12-9(10(13)14)7-8(2)3/h8-9H,4-7H2,1-3H3,(H,12,15)(H,13,14)/t9-/m0/s1. The first kappa shape index (κ1) is 17.7. The Morgan fingerprint density at radius 2 is 1.89 bits per heavy atom. The van der Waals surface area contributed by atoms with Gasteiger partial charge >= 0.3 is 12.1 Å². The average Bonchev–Trinajstić information content (AvgIpc) is 2.27. The lowest BCUT2D eigenvalue weighted by molar-refractivity contribution is -0.139. The van der Waals surface area contributed by atoms with Crippen molar-refractivity contribution in [2.45, 2.75) is 33.2 Å². The topological polar surface area (TPSA) is 110 Å². The number of carboxylic acid groups (broad SMARTS) is 1. The SMILES string of the molecule is CCS(=O)(=O)CCOC(=O)N[C@@H](CC(C)C)C(=O)O. The van der Waals surface area contributed by atoms with E-state index in [1.165, 1.54) is 6.92 Å². The van der Waals surface area contributed by atoms with Gasteiger partial charge in [-0.1, -0.05) is 20.8 Å². The first-order valence-electron chi connectivity index (χ1n) is 6.04. The molecule has 0 bridgehead atoms. The van der Waals surface area contributed by atoms with Crippen molar-refractivity contribution in [1.29, 1.82) is 0 Å². The molecule has 1 atom stereocenters. The number of nitrogens with one attached hydrogen (secondary N) is 1. The summed E-state index contributed by atoms with van der Waals surface area (Å²) in [6, 6.07) is -1.03. The Morgan fingerprint density at radius 1 is 1.32 bits per heavy atom. The van der Waals surface area contributed by atoms with Crippen molar-refractivity contribution >= 4 is 21.9 Å². The molecule has 7 nitrogen and oxygen atoms in total. The van der Waals surface area contributed by atoms with Gasteiger partial charge in [-0.3, -0.25) is 0 Å². The molecule has 8 heteroatoms. The molecule has 0 radical (unpaired) electrons. The lowest BCUT2D eigenvalue weighted by Crippen LogP contribution is -2.42. The van der Waals surface area contributed by atoms with Crippen LogP contribution in [0.15, 0.2) is 0 Å². The molecule has 112 valence electrons. The number of ether oxygens (including phenoxy) is 1. The van der Waals surface area contributed by atoms with E-state index >= 15 is 0 Å². The summed E-state index contributed by atoms with van der Waals surface area (Å²) in [5.74, 6) is -1.34. The van der Waals surface area contributed by atoms with E-state index in [4.69, 9.17) is 5.11 Å². The Kier molecular flexibility index (Phi) is 7.43. The van der Waals surface area contributed by atoms with Gasteiger partial charge < -0.3 is 15.2 Å². The maximum Gasteiger partial charge on any atom is 0.407 e. The van der Waals surface area contributed by atoms with Crippen molar-refractivity contribution in [2.24, 2.45) is 5.92 Å². The Morgan fingerprint density at radius 3 is 2.32 bits per heavy atom. The molecule has 0 aromatic rings. The number of sulfone groups is 1. The minimum Gasteiger partial charge on any atom is -0.480 e. The fourth-order valence-electron chi connectivity index (χ4n) is 1.28. The van der Waals surface area contributed by atoms with Crippen LogP contribution in [-0.4, -0.2) is 49.7 Å². The summed E-state index contributed by atoms with van der Waals surface area (Å²) in [5, 5.41) is 11.1. The monoisotopic (exact) mass is 295 g/mol.